The number of aromatic nitrogens is 3. The highest BCUT2D eigenvalue weighted by atomic mass is 32.1. The van der Waals surface area contributed by atoms with Crippen LogP contribution in [-0.4, -0.2) is 15.0 Å². The highest BCUT2D eigenvalue weighted by Gasteiger charge is 2.34. The van der Waals surface area contributed by atoms with Gasteiger partial charge in [-0.15, -0.1) is 11.3 Å². The summed E-state index contributed by atoms with van der Waals surface area (Å²) in [7, 11) is 0. The maximum Gasteiger partial charge on any atom is 0.158 e. The average Bonchev–Trinajstić information content (AvgIpc) is 3.19. The van der Waals surface area contributed by atoms with Crippen molar-refractivity contribution in [1.82, 2.24) is 15.0 Å². The summed E-state index contributed by atoms with van der Waals surface area (Å²) < 4.78 is 0. The Morgan fingerprint density at radius 2 is 2.26 bits per heavy atom. The highest BCUT2D eigenvalue weighted by molar-refractivity contribution is 7.09. The molecule has 0 saturated heterocycles. The van der Waals surface area contributed by atoms with Crippen molar-refractivity contribution in [3.63, 3.8) is 0 Å². The molecule has 0 spiro atoms. The van der Waals surface area contributed by atoms with Gasteiger partial charge in [-0.05, 0) is 25.7 Å². The quantitative estimate of drug-likeness (QED) is 0.925. The number of nitrogens with one attached hydrogen (secondary N) is 1. The molecule has 19 heavy (non-hydrogen) atoms. The molecule has 2 aromatic rings. The van der Waals surface area contributed by atoms with Crippen LogP contribution in [0, 0.1) is 24.2 Å². The van der Waals surface area contributed by atoms with Gasteiger partial charge >= 0.3 is 0 Å². The predicted molar refractivity (Wildman–Crippen MR) is 72.7 cm³/mol. The van der Waals surface area contributed by atoms with E-state index in [0.29, 0.717) is 17.4 Å². The Morgan fingerprint density at radius 3 is 2.79 bits per heavy atom. The summed E-state index contributed by atoms with van der Waals surface area (Å²) in [6.07, 6.45) is 5.54. The van der Waals surface area contributed by atoms with Crippen LogP contribution < -0.4 is 5.32 Å². The van der Waals surface area contributed by atoms with E-state index in [-0.39, 0.29) is 6.04 Å². The topological polar surface area (TPSA) is 74.5 Å². The molecular weight excluding hydrogens is 258 g/mol. The highest BCUT2D eigenvalue weighted by Crippen LogP contribution is 2.43. The van der Waals surface area contributed by atoms with Gasteiger partial charge in [0.15, 0.2) is 5.69 Å². The Bertz CT molecular complexity index is 609. The van der Waals surface area contributed by atoms with Crippen molar-refractivity contribution in [1.29, 1.82) is 5.26 Å². The minimum Gasteiger partial charge on any atom is -0.359 e. The minimum absolute atomic E-state index is 0.209. The zero-order chi connectivity index (χ0) is 13.2. The molecule has 1 fully saturated rings. The van der Waals surface area contributed by atoms with Crippen molar-refractivity contribution in [2.45, 2.75) is 25.8 Å². The molecule has 3 rings (SSSR count). The number of hydrogen-bond donors (Lipinski definition) is 1. The van der Waals surface area contributed by atoms with Gasteiger partial charge in [0.1, 0.15) is 16.9 Å². The first kappa shape index (κ1) is 12.1. The molecule has 0 aromatic carbocycles. The van der Waals surface area contributed by atoms with Gasteiger partial charge in [-0.25, -0.2) is 15.0 Å². The van der Waals surface area contributed by atoms with Gasteiger partial charge in [0, 0.05) is 11.1 Å². The van der Waals surface area contributed by atoms with E-state index in [2.05, 4.69) is 25.6 Å². The van der Waals surface area contributed by atoms with Crippen molar-refractivity contribution in [2.24, 2.45) is 5.92 Å². The molecular formula is C13H13N5S. The lowest BCUT2D eigenvalue weighted by Crippen LogP contribution is -2.14. The third-order valence-corrected chi connectivity index (χ3v) is 4.11. The SMILES string of the molecule is Cc1csc(C(Nc2cnc(C#N)cn2)C2CC2)n1. The lowest BCUT2D eigenvalue weighted by Gasteiger charge is -2.16. The van der Waals surface area contributed by atoms with E-state index in [0.717, 1.165) is 10.7 Å². The van der Waals surface area contributed by atoms with Crippen molar-refractivity contribution >= 4 is 17.2 Å². The van der Waals surface area contributed by atoms with Crippen molar-refractivity contribution in [3.8, 4) is 6.07 Å². The molecule has 0 amide bonds. The summed E-state index contributed by atoms with van der Waals surface area (Å²) in [5, 5.41) is 15.3. The van der Waals surface area contributed by atoms with Gasteiger partial charge in [-0.2, -0.15) is 5.26 Å². The number of anilines is 1. The lowest BCUT2D eigenvalue weighted by molar-refractivity contribution is 0.668. The Labute approximate surface area is 115 Å². The third kappa shape index (κ3) is 2.71. The van der Waals surface area contributed by atoms with Gasteiger partial charge in [-0.1, -0.05) is 0 Å². The first-order valence-electron chi connectivity index (χ1n) is 6.17. The van der Waals surface area contributed by atoms with Gasteiger partial charge in [0.05, 0.1) is 18.4 Å². The standard InChI is InChI=1S/C13H13N5S/c1-8-7-19-13(17-8)12(9-2-3-9)18-11-6-15-10(4-14)5-16-11/h5-7,9,12H,2-3H2,1H3,(H,16,18). The zero-order valence-corrected chi connectivity index (χ0v) is 11.3. The summed E-state index contributed by atoms with van der Waals surface area (Å²) in [6, 6.07) is 2.18. The van der Waals surface area contributed by atoms with E-state index in [1.54, 1.807) is 17.5 Å². The summed E-state index contributed by atoms with van der Waals surface area (Å²) in [4.78, 5) is 12.8. The molecule has 0 bridgehead atoms. The number of hydrogen-bond acceptors (Lipinski definition) is 6. The Kier molecular flexibility index (Phi) is 3.13. The average molecular weight is 271 g/mol. The summed E-state index contributed by atoms with van der Waals surface area (Å²) in [5.41, 5.74) is 1.39. The summed E-state index contributed by atoms with van der Waals surface area (Å²) in [5.74, 6) is 1.33. The molecule has 1 saturated carbocycles. The van der Waals surface area contributed by atoms with Crippen LogP contribution in [0.3, 0.4) is 0 Å². The van der Waals surface area contributed by atoms with Crippen LogP contribution in [0.1, 0.15) is 35.3 Å². The van der Waals surface area contributed by atoms with E-state index in [1.807, 2.05) is 13.0 Å². The zero-order valence-electron chi connectivity index (χ0n) is 10.5. The van der Waals surface area contributed by atoms with Gasteiger partial charge in [0.25, 0.3) is 0 Å². The smallest absolute Gasteiger partial charge is 0.158 e. The third-order valence-electron chi connectivity index (χ3n) is 3.07. The number of thiazole rings is 1. The second-order valence-corrected chi connectivity index (χ2v) is 5.57. The van der Waals surface area contributed by atoms with Crippen molar-refractivity contribution in [3.05, 3.63) is 34.2 Å². The van der Waals surface area contributed by atoms with Crippen LogP contribution in [0.4, 0.5) is 5.82 Å². The molecule has 1 atom stereocenters. The minimum atomic E-state index is 0.209. The molecule has 1 N–H and O–H groups in total. The van der Waals surface area contributed by atoms with Gasteiger partial charge in [-0.3, -0.25) is 0 Å². The molecule has 1 aliphatic carbocycles. The predicted octanol–water partition coefficient (Wildman–Crippen LogP) is 2.68. The number of nitriles is 1. The number of nitrogens with zero attached hydrogens (tertiary/aromatic N) is 4. The summed E-state index contributed by atoms with van der Waals surface area (Å²) >= 11 is 1.68. The van der Waals surface area contributed by atoms with Crippen LogP contribution in [0.5, 0.6) is 0 Å². The normalized spacial score (nSPS) is 15.8. The summed E-state index contributed by atoms with van der Waals surface area (Å²) in [6.45, 7) is 2.01. The Morgan fingerprint density at radius 1 is 1.42 bits per heavy atom. The van der Waals surface area contributed by atoms with E-state index >= 15 is 0 Å². The van der Waals surface area contributed by atoms with E-state index in [9.17, 15) is 0 Å². The fraction of sp³-hybridized carbons (Fsp3) is 0.385. The molecule has 1 aliphatic rings. The molecule has 6 heteroatoms. The van der Waals surface area contributed by atoms with Crippen LogP contribution in [-0.2, 0) is 0 Å². The lowest BCUT2D eigenvalue weighted by atomic mass is 10.2. The monoisotopic (exact) mass is 271 g/mol. The van der Waals surface area contributed by atoms with Crippen LogP contribution in [0.25, 0.3) is 0 Å². The van der Waals surface area contributed by atoms with Crippen LogP contribution >= 0.6 is 11.3 Å². The second kappa shape index (κ2) is 4.94. The molecule has 96 valence electrons. The molecule has 5 nitrogen and oxygen atoms in total. The number of aryl methyl sites for hydroxylation is 1. The maximum atomic E-state index is 8.71. The molecule has 2 aromatic heterocycles. The van der Waals surface area contributed by atoms with Gasteiger partial charge < -0.3 is 5.32 Å². The van der Waals surface area contributed by atoms with E-state index < -0.39 is 0 Å². The van der Waals surface area contributed by atoms with Crippen LogP contribution in [0.15, 0.2) is 17.8 Å². The first-order valence-corrected chi connectivity index (χ1v) is 7.05. The molecule has 0 aliphatic heterocycles. The first-order chi connectivity index (χ1) is 9.26. The molecule has 2 heterocycles. The van der Waals surface area contributed by atoms with Crippen molar-refractivity contribution in [2.75, 3.05) is 5.32 Å². The van der Waals surface area contributed by atoms with E-state index in [4.69, 9.17) is 5.26 Å². The van der Waals surface area contributed by atoms with Crippen molar-refractivity contribution < 1.29 is 0 Å². The molecule has 1 unspecified atom stereocenters. The largest absolute Gasteiger partial charge is 0.359 e. The van der Waals surface area contributed by atoms with E-state index in [1.165, 1.54) is 19.0 Å². The maximum absolute atomic E-state index is 8.71. The van der Waals surface area contributed by atoms with Crippen LogP contribution in [0.2, 0.25) is 0 Å². The fourth-order valence-electron chi connectivity index (χ4n) is 1.95. The fourth-order valence-corrected chi connectivity index (χ4v) is 2.88. The Balaban J connectivity index is 1.79. The number of rotatable bonds is 4. The van der Waals surface area contributed by atoms with Gasteiger partial charge in [0.2, 0.25) is 0 Å². The second-order valence-electron chi connectivity index (χ2n) is 4.69. The Hall–Kier alpha value is -2.00. The molecule has 0 radical (unpaired) electrons.